The van der Waals surface area contributed by atoms with E-state index in [9.17, 15) is 4.39 Å². The Hall–Kier alpha value is -1.88. The van der Waals surface area contributed by atoms with Gasteiger partial charge in [-0.3, -0.25) is 0 Å². The van der Waals surface area contributed by atoms with Gasteiger partial charge in [0.15, 0.2) is 0 Å². The van der Waals surface area contributed by atoms with Gasteiger partial charge in [0.25, 0.3) is 0 Å². The molecule has 2 heterocycles. The van der Waals surface area contributed by atoms with Crippen molar-refractivity contribution in [2.75, 3.05) is 36.8 Å². The van der Waals surface area contributed by atoms with Gasteiger partial charge >= 0.3 is 0 Å². The quantitative estimate of drug-likeness (QED) is 0.767. The number of rotatable bonds is 1. The molecule has 0 aliphatic carbocycles. The molecule has 19 heavy (non-hydrogen) atoms. The topological polar surface area (TPSA) is 54.2 Å². The Balaban J connectivity index is 2.15. The number of aromatic nitrogens is 1. The monoisotopic (exact) mass is 260 g/mol. The minimum absolute atomic E-state index is 0.260. The Morgan fingerprint density at radius 1 is 1.21 bits per heavy atom. The lowest BCUT2D eigenvalue weighted by molar-refractivity contribution is 0.638. The minimum Gasteiger partial charge on any atom is -0.398 e. The number of fused-ring (bicyclic) bond motifs is 1. The SMILES string of the molecule is Nc1ccc(F)c2c(N3CCCNCC3)nccc12. The van der Waals surface area contributed by atoms with Gasteiger partial charge in [-0.05, 0) is 31.2 Å². The summed E-state index contributed by atoms with van der Waals surface area (Å²) in [4.78, 5) is 6.51. The molecule has 1 aliphatic rings. The highest BCUT2D eigenvalue weighted by Gasteiger charge is 2.17. The van der Waals surface area contributed by atoms with Gasteiger partial charge in [-0.2, -0.15) is 0 Å². The second-order valence-electron chi connectivity index (χ2n) is 4.78. The fraction of sp³-hybridized carbons (Fsp3) is 0.357. The predicted molar refractivity (Wildman–Crippen MR) is 75.8 cm³/mol. The number of nitrogens with two attached hydrogens (primary N) is 1. The van der Waals surface area contributed by atoms with Crippen molar-refractivity contribution in [3.8, 4) is 0 Å². The van der Waals surface area contributed by atoms with E-state index in [1.807, 2.05) is 0 Å². The molecule has 0 spiro atoms. The lowest BCUT2D eigenvalue weighted by atomic mass is 10.1. The van der Waals surface area contributed by atoms with E-state index < -0.39 is 0 Å². The second kappa shape index (κ2) is 5.01. The summed E-state index contributed by atoms with van der Waals surface area (Å²) in [6.07, 6.45) is 2.73. The van der Waals surface area contributed by atoms with E-state index in [0.29, 0.717) is 16.9 Å². The summed E-state index contributed by atoms with van der Waals surface area (Å²) in [7, 11) is 0. The van der Waals surface area contributed by atoms with Crippen LogP contribution >= 0.6 is 0 Å². The van der Waals surface area contributed by atoms with Crippen LogP contribution in [0.25, 0.3) is 10.8 Å². The summed E-state index contributed by atoms with van der Waals surface area (Å²) < 4.78 is 14.1. The van der Waals surface area contributed by atoms with Crippen molar-refractivity contribution in [1.29, 1.82) is 0 Å². The summed E-state index contributed by atoms with van der Waals surface area (Å²) in [5.74, 6) is 0.440. The molecule has 0 unspecified atom stereocenters. The van der Waals surface area contributed by atoms with Gasteiger partial charge in [0.1, 0.15) is 11.6 Å². The van der Waals surface area contributed by atoms with Gasteiger partial charge in [0.05, 0.1) is 5.39 Å². The van der Waals surface area contributed by atoms with Crippen LogP contribution in [0.2, 0.25) is 0 Å². The third-order valence-electron chi connectivity index (χ3n) is 3.53. The van der Waals surface area contributed by atoms with Crippen LogP contribution in [0.1, 0.15) is 6.42 Å². The number of anilines is 2. The first-order valence-electron chi connectivity index (χ1n) is 6.56. The molecule has 0 atom stereocenters. The van der Waals surface area contributed by atoms with Crippen LogP contribution < -0.4 is 16.0 Å². The Morgan fingerprint density at radius 3 is 3.00 bits per heavy atom. The molecule has 1 aromatic heterocycles. The summed E-state index contributed by atoms with van der Waals surface area (Å²) in [5, 5.41) is 4.60. The molecule has 1 aromatic carbocycles. The zero-order chi connectivity index (χ0) is 13.2. The molecular formula is C14H17FN4. The minimum atomic E-state index is -0.260. The second-order valence-corrected chi connectivity index (χ2v) is 4.78. The molecule has 3 rings (SSSR count). The number of nitrogens with zero attached hydrogens (tertiary/aromatic N) is 2. The maximum atomic E-state index is 14.1. The van der Waals surface area contributed by atoms with Crippen molar-refractivity contribution < 1.29 is 4.39 Å². The van der Waals surface area contributed by atoms with Gasteiger partial charge < -0.3 is 16.0 Å². The Kier molecular flexibility index (Phi) is 3.21. The van der Waals surface area contributed by atoms with E-state index in [1.54, 1.807) is 18.3 Å². The highest BCUT2D eigenvalue weighted by atomic mass is 19.1. The molecule has 5 heteroatoms. The van der Waals surface area contributed by atoms with E-state index in [2.05, 4.69) is 15.2 Å². The first-order valence-corrected chi connectivity index (χ1v) is 6.56. The maximum Gasteiger partial charge on any atom is 0.139 e. The van der Waals surface area contributed by atoms with Crippen molar-refractivity contribution in [2.24, 2.45) is 0 Å². The Labute approximate surface area is 111 Å². The van der Waals surface area contributed by atoms with E-state index >= 15 is 0 Å². The number of halogens is 1. The third kappa shape index (κ3) is 2.21. The molecule has 1 aliphatic heterocycles. The normalized spacial score (nSPS) is 16.6. The average molecular weight is 260 g/mol. The van der Waals surface area contributed by atoms with Crippen molar-refractivity contribution >= 4 is 22.3 Å². The van der Waals surface area contributed by atoms with Gasteiger partial charge in [0.2, 0.25) is 0 Å². The van der Waals surface area contributed by atoms with E-state index in [0.717, 1.165) is 38.0 Å². The van der Waals surface area contributed by atoms with Crippen LogP contribution in [0, 0.1) is 5.82 Å². The van der Waals surface area contributed by atoms with Crippen LogP contribution in [-0.4, -0.2) is 31.2 Å². The molecule has 0 bridgehead atoms. The molecule has 3 N–H and O–H groups in total. The highest BCUT2D eigenvalue weighted by Crippen LogP contribution is 2.30. The van der Waals surface area contributed by atoms with Crippen LogP contribution in [0.15, 0.2) is 24.4 Å². The summed E-state index contributed by atoms with van der Waals surface area (Å²) in [6, 6.07) is 4.79. The maximum absolute atomic E-state index is 14.1. The first-order chi connectivity index (χ1) is 9.27. The number of nitrogens with one attached hydrogen (secondary N) is 1. The summed E-state index contributed by atoms with van der Waals surface area (Å²) >= 11 is 0. The van der Waals surface area contributed by atoms with Crippen LogP contribution in [-0.2, 0) is 0 Å². The van der Waals surface area contributed by atoms with Gasteiger partial charge in [-0.15, -0.1) is 0 Å². The number of hydrogen-bond donors (Lipinski definition) is 2. The smallest absolute Gasteiger partial charge is 0.139 e. The fourth-order valence-corrected chi connectivity index (χ4v) is 2.56. The first kappa shape index (κ1) is 12.2. The van der Waals surface area contributed by atoms with Crippen molar-refractivity contribution in [2.45, 2.75) is 6.42 Å². The zero-order valence-electron chi connectivity index (χ0n) is 10.7. The van der Waals surface area contributed by atoms with E-state index in [-0.39, 0.29) is 5.82 Å². The van der Waals surface area contributed by atoms with Crippen LogP contribution in [0.5, 0.6) is 0 Å². The van der Waals surface area contributed by atoms with E-state index in [4.69, 9.17) is 5.73 Å². The molecule has 4 nitrogen and oxygen atoms in total. The number of benzene rings is 1. The zero-order valence-corrected chi connectivity index (χ0v) is 10.7. The van der Waals surface area contributed by atoms with E-state index in [1.165, 1.54) is 6.07 Å². The predicted octanol–water partition coefficient (Wildman–Crippen LogP) is 1.76. The molecule has 0 amide bonds. The van der Waals surface area contributed by atoms with Gasteiger partial charge in [-0.25, -0.2) is 9.37 Å². The molecule has 0 saturated carbocycles. The standard InChI is InChI=1S/C14H17FN4/c15-11-2-3-12(16)10-4-6-18-14(13(10)11)19-8-1-5-17-7-9-19/h2-4,6,17H,1,5,7-9,16H2. The Morgan fingerprint density at radius 2 is 2.11 bits per heavy atom. The largest absolute Gasteiger partial charge is 0.398 e. The van der Waals surface area contributed by atoms with Crippen LogP contribution in [0.4, 0.5) is 15.9 Å². The molecule has 0 radical (unpaired) electrons. The Bertz CT molecular complexity index is 591. The van der Waals surface area contributed by atoms with Gasteiger partial charge in [-0.1, -0.05) is 0 Å². The lowest BCUT2D eigenvalue weighted by Gasteiger charge is -2.23. The van der Waals surface area contributed by atoms with Crippen LogP contribution in [0.3, 0.4) is 0 Å². The third-order valence-corrected chi connectivity index (χ3v) is 3.53. The van der Waals surface area contributed by atoms with Crippen molar-refractivity contribution in [3.05, 3.63) is 30.2 Å². The molecular weight excluding hydrogens is 243 g/mol. The molecule has 1 saturated heterocycles. The van der Waals surface area contributed by atoms with Crippen molar-refractivity contribution in [1.82, 2.24) is 10.3 Å². The molecule has 2 aromatic rings. The lowest BCUT2D eigenvalue weighted by Crippen LogP contribution is -2.28. The molecule has 1 fully saturated rings. The molecule has 100 valence electrons. The van der Waals surface area contributed by atoms with Crippen molar-refractivity contribution in [3.63, 3.8) is 0 Å². The number of pyridine rings is 1. The number of hydrogen-bond acceptors (Lipinski definition) is 4. The average Bonchev–Trinajstić information content (AvgIpc) is 2.71. The van der Waals surface area contributed by atoms with Gasteiger partial charge in [0, 0.05) is 36.9 Å². The highest BCUT2D eigenvalue weighted by molar-refractivity contribution is 5.99. The number of nitrogen functional groups attached to an aromatic ring is 1. The summed E-state index contributed by atoms with van der Waals surface area (Å²) in [5.41, 5.74) is 6.52. The fourth-order valence-electron chi connectivity index (χ4n) is 2.56. The summed E-state index contributed by atoms with van der Waals surface area (Å²) in [6.45, 7) is 3.60.